The minimum atomic E-state index is -1.60. The summed E-state index contributed by atoms with van der Waals surface area (Å²) in [5.74, 6) is -2.31. The molecule has 1 rings (SSSR count). The Kier molecular flexibility index (Phi) is 5.48. The first-order valence-corrected chi connectivity index (χ1v) is 5.94. The van der Waals surface area contributed by atoms with E-state index in [2.05, 4.69) is 4.74 Å². The fraction of sp³-hybridized carbons (Fsp3) is 0.385. The van der Waals surface area contributed by atoms with Gasteiger partial charge in [-0.25, -0.2) is 4.79 Å². The number of rotatable bonds is 6. The van der Waals surface area contributed by atoms with E-state index < -0.39 is 30.6 Å². The van der Waals surface area contributed by atoms with Crippen molar-refractivity contribution in [2.24, 2.45) is 0 Å². The number of phenolic OH excluding ortho intramolecular Hbond substituents is 1. The fourth-order valence-electron chi connectivity index (χ4n) is 1.63. The summed E-state index contributed by atoms with van der Waals surface area (Å²) in [7, 11) is 0. The van der Waals surface area contributed by atoms with Crippen LogP contribution in [-0.4, -0.2) is 45.1 Å². The van der Waals surface area contributed by atoms with Crippen LogP contribution in [0.2, 0.25) is 0 Å². The second kappa shape index (κ2) is 6.88. The molecule has 1 aromatic carbocycles. The molecule has 0 spiro atoms. The summed E-state index contributed by atoms with van der Waals surface area (Å²) in [5.41, 5.74) is -0.318. The van der Waals surface area contributed by atoms with Crippen LogP contribution in [0.15, 0.2) is 18.2 Å². The average Bonchev–Trinajstić information content (AvgIpc) is 2.38. The molecule has 4 N–H and O–H groups in total. The van der Waals surface area contributed by atoms with Gasteiger partial charge in [0.15, 0.2) is 0 Å². The van der Waals surface area contributed by atoms with Crippen molar-refractivity contribution in [3.8, 4) is 5.75 Å². The van der Waals surface area contributed by atoms with Crippen LogP contribution in [0.1, 0.15) is 35.4 Å². The van der Waals surface area contributed by atoms with Gasteiger partial charge in [0.2, 0.25) is 0 Å². The average molecular weight is 284 g/mol. The zero-order chi connectivity index (χ0) is 15.3. The Bertz CT molecular complexity index is 497. The van der Waals surface area contributed by atoms with Gasteiger partial charge < -0.3 is 25.2 Å². The highest BCUT2D eigenvalue weighted by Gasteiger charge is 2.25. The SMILES string of the molecule is CCOC(=O)CC(O)C(O)c1cc(C(=O)O)ccc1O. The molecule has 0 amide bonds. The van der Waals surface area contributed by atoms with Gasteiger partial charge in [-0.05, 0) is 25.1 Å². The number of hydrogen-bond acceptors (Lipinski definition) is 6. The highest BCUT2D eigenvalue weighted by molar-refractivity contribution is 5.88. The second-order valence-electron chi connectivity index (χ2n) is 4.10. The normalized spacial score (nSPS) is 13.6. The van der Waals surface area contributed by atoms with Gasteiger partial charge in [-0.3, -0.25) is 4.79 Å². The summed E-state index contributed by atoms with van der Waals surface area (Å²) >= 11 is 0. The fourth-order valence-corrected chi connectivity index (χ4v) is 1.63. The molecular weight excluding hydrogens is 268 g/mol. The lowest BCUT2D eigenvalue weighted by Crippen LogP contribution is -2.23. The van der Waals surface area contributed by atoms with E-state index in [1.54, 1.807) is 6.92 Å². The molecule has 110 valence electrons. The molecule has 0 saturated carbocycles. The number of hydrogen-bond donors (Lipinski definition) is 4. The maximum absolute atomic E-state index is 11.2. The minimum Gasteiger partial charge on any atom is -0.508 e. The molecule has 20 heavy (non-hydrogen) atoms. The Labute approximate surface area is 115 Å². The lowest BCUT2D eigenvalue weighted by Gasteiger charge is -2.18. The smallest absolute Gasteiger partial charge is 0.335 e. The molecule has 0 bridgehead atoms. The molecule has 0 radical (unpaired) electrons. The quantitative estimate of drug-likeness (QED) is 0.558. The van der Waals surface area contributed by atoms with Gasteiger partial charge in [-0.2, -0.15) is 0 Å². The third-order valence-corrected chi connectivity index (χ3v) is 2.64. The van der Waals surface area contributed by atoms with Crippen molar-refractivity contribution < 1.29 is 34.8 Å². The van der Waals surface area contributed by atoms with Crippen molar-refractivity contribution in [2.45, 2.75) is 25.6 Å². The topological polar surface area (TPSA) is 124 Å². The molecule has 0 aliphatic carbocycles. The van der Waals surface area contributed by atoms with E-state index in [0.717, 1.165) is 18.2 Å². The zero-order valence-corrected chi connectivity index (χ0v) is 10.8. The molecular formula is C13H16O7. The third-order valence-electron chi connectivity index (χ3n) is 2.64. The minimum absolute atomic E-state index is 0.140. The molecule has 7 nitrogen and oxygen atoms in total. The maximum Gasteiger partial charge on any atom is 0.335 e. The first-order chi connectivity index (χ1) is 9.36. The molecule has 1 aromatic rings. The Morgan fingerprint density at radius 2 is 1.95 bits per heavy atom. The van der Waals surface area contributed by atoms with E-state index in [0.29, 0.717) is 0 Å². The van der Waals surface area contributed by atoms with Gasteiger partial charge in [0.05, 0.1) is 24.7 Å². The molecule has 2 unspecified atom stereocenters. The number of carbonyl (C=O) groups excluding carboxylic acids is 1. The van der Waals surface area contributed by atoms with Crippen molar-refractivity contribution in [1.29, 1.82) is 0 Å². The number of carbonyl (C=O) groups is 2. The number of benzene rings is 1. The van der Waals surface area contributed by atoms with Crippen LogP contribution in [0.5, 0.6) is 5.75 Å². The molecule has 0 saturated heterocycles. The maximum atomic E-state index is 11.2. The third kappa shape index (κ3) is 3.94. The number of esters is 1. The predicted molar refractivity (Wildman–Crippen MR) is 67.3 cm³/mol. The van der Waals surface area contributed by atoms with E-state index in [1.807, 2.05) is 0 Å². The number of aliphatic hydroxyl groups excluding tert-OH is 2. The van der Waals surface area contributed by atoms with Gasteiger partial charge in [0.25, 0.3) is 0 Å². The van der Waals surface area contributed by atoms with Gasteiger partial charge >= 0.3 is 11.9 Å². The van der Waals surface area contributed by atoms with Gasteiger partial charge in [0, 0.05) is 5.56 Å². The lowest BCUT2D eigenvalue weighted by molar-refractivity contribution is -0.147. The summed E-state index contributed by atoms with van der Waals surface area (Å²) in [4.78, 5) is 22.0. The number of ether oxygens (including phenoxy) is 1. The summed E-state index contributed by atoms with van der Waals surface area (Å²) in [6.45, 7) is 1.74. The Balaban J connectivity index is 2.90. The molecule has 0 aromatic heterocycles. The van der Waals surface area contributed by atoms with Crippen LogP contribution in [0.25, 0.3) is 0 Å². The first kappa shape index (κ1) is 15.9. The van der Waals surface area contributed by atoms with Crippen molar-refractivity contribution in [2.75, 3.05) is 6.61 Å². The lowest BCUT2D eigenvalue weighted by atomic mass is 9.99. The standard InChI is InChI=1S/C13H16O7/c1-2-20-11(16)6-10(15)12(17)8-5-7(13(18)19)3-4-9(8)14/h3-5,10,12,14-15,17H,2,6H2,1H3,(H,18,19). The van der Waals surface area contributed by atoms with Crippen molar-refractivity contribution in [3.63, 3.8) is 0 Å². The van der Waals surface area contributed by atoms with E-state index in [9.17, 15) is 24.9 Å². The number of aromatic carboxylic acids is 1. The zero-order valence-electron chi connectivity index (χ0n) is 10.8. The predicted octanol–water partition coefficient (Wildman–Crippen LogP) is 0.438. The van der Waals surface area contributed by atoms with Crippen LogP contribution in [-0.2, 0) is 9.53 Å². The summed E-state index contributed by atoms with van der Waals surface area (Å²) in [6.07, 6.45) is -3.58. The molecule has 7 heteroatoms. The van der Waals surface area contributed by atoms with Crippen LogP contribution in [0, 0.1) is 0 Å². The summed E-state index contributed by atoms with van der Waals surface area (Å²) in [6, 6.07) is 3.29. The molecule has 0 fully saturated rings. The Hall–Kier alpha value is -2.12. The highest BCUT2D eigenvalue weighted by Crippen LogP contribution is 2.28. The first-order valence-electron chi connectivity index (χ1n) is 5.94. The number of carboxylic acid groups (broad SMARTS) is 1. The number of aliphatic hydroxyl groups is 2. The molecule has 0 aliphatic rings. The second-order valence-corrected chi connectivity index (χ2v) is 4.10. The Morgan fingerprint density at radius 1 is 1.30 bits per heavy atom. The number of aromatic hydroxyl groups is 1. The van der Waals surface area contributed by atoms with E-state index in [4.69, 9.17) is 5.11 Å². The molecule has 2 atom stereocenters. The van der Waals surface area contributed by atoms with Crippen LogP contribution < -0.4 is 0 Å². The summed E-state index contributed by atoms with van der Waals surface area (Å²) < 4.78 is 4.62. The van der Waals surface area contributed by atoms with Gasteiger partial charge in [-0.15, -0.1) is 0 Å². The van der Waals surface area contributed by atoms with Gasteiger partial charge in [-0.1, -0.05) is 0 Å². The van der Waals surface area contributed by atoms with Crippen LogP contribution in [0.4, 0.5) is 0 Å². The summed E-state index contributed by atoms with van der Waals surface area (Å²) in [5, 5.41) is 38.0. The number of phenols is 1. The van der Waals surface area contributed by atoms with Crippen molar-refractivity contribution in [3.05, 3.63) is 29.3 Å². The molecule has 0 aliphatic heterocycles. The largest absolute Gasteiger partial charge is 0.508 e. The Morgan fingerprint density at radius 3 is 2.50 bits per heavy atom. The monoisotopic (exact) mass is 284 g/mol. The highest BCUT2D eigenvalue weighted by atomic mass is 16.5. The van der Waals surface area contributed by atoms with E-state index >= 15 is 0 Å². The van der Waals surface area contributed by atoms with E-state index in [1.165, 1.54) is 0 Å². The van der Waals surface area contributed by atoms with Crippen molar-refractivity contribution in [1.82, 2.24) is 0 Å². The number of carboxylic acids is 1. The van der Waals surface area contributed by atoms with E-state index in [-0.39, 0.29) is 23.5 Å². The van der Waals surface area contributed by atoms with Crippen LogP contribution >= 0.6 is 0 Å². The van der Waals surface area contributed by atoms with Crippen molar-refractivity contribution >= 4 is 11.9 Å². The van der Waals surface area contributed by atoms with Crippen LogP contribution in [0.3, 0.4) is 0 Å². The molecule has 0 heterocycles. The van der Waals surface area contributed by atoms with Gasteiger partial charge in [0.1, 0.15) is 11.9 Å².